The van der Waals surface area contributed by atoms with Crippen LogP contribution in [0.15, 0.2) is 45.5 Å². The van der Waals surface area contributed by atoms with E-state index < -0.39 is 41.3 Å². The van der Waals surface area contributed by atoms with E-state index in [9.17, 15) is 26.7 Å². The third kappa shape index (κ3) is 5.13. The first-order valence-corrected chi connectivity index (χ1v) is 9.32. The average Bonchev–Trinajstić information content (AvgIpc) is 3.05. The van der Waals surface area contributed by atoms with Crippen LogP contribution in [0.2, 0.25) is 0 Å². The van der Waals surface area contributed by atoms with E-state index in [1.807, 2.05) is 0 Å². The van der Waals surface area contributed by atoms with Crippen LogP contribution in [0.25, 0.3) is 11.3 Å². The van der Waals surface area contributed by atoms with Crippen LogP contribution in [0.3, 0.4) is 0 Å². The van der Waals surface area contributed by atoms with Gasteiger partial charge in [0.2, 0.25) is 5.89 Å². The molecule has 0 aliphatic rings. The van der Waals surface area contributed by atoms with Gasteiger partial charge >= 0.3 is 6.36 Å². The van der Waals surface area contributed by atoms with Crippen LogP contribution in [0.4, 0.5) is 27.6 Å². The Balaban J connectivity index is 1.82. The maximum Gasteiger partial charge on any atom is 0.573 e. The summed E-state index contributed by atoms with van der Waals surface area (Å²) in [5, 5.41) is 2.70. The summed E-state index contributed by atoms with van der Waals surface area (Å²) in [4.78, 5) is 15.5. The van der Waals surface area contributed by atoms with Crippen molar-refractivity contribution in [1.29, 1.82) is 0 Å². The molecular weight excluding hydrogens is 493 g/mol. The fourth-order valence-electron chi connectivity index (χ4n) is 2.68. The first-order valence-electron chi connectivity index (χ1n) is 8.53. The lowest BCUT2D eigenvalue weighted by molar-refractivity contribution is -0.274. The molecule has 3 N–H and O–H groups in total. The maximum absolute atomic E-state index is 14.4. The number of primary amides is 1. The standard InChI is InChI=1S/C19H13BrF5N3O3/c1-8(27-12-7-6-11(21)13(14(12)22)17(26)29)18-28-15(16(20)30-18)9-2-4-10(5-3-9)31-19(23,24)25/h2-8,27H,1H3,(H2,26,29). The van der Waals surface area contributed by atoms with Crippen molar-refractivity contribution in [3.05, 3.63) is 64.2 Å². The molecule has 0 saturated carbocycles. The van der Waals surface area contributed by atoms with Crippen molar-refractivity contribution in [2.45, 2.75) is 19.3 Å². The van der Waals surface area contributed by atoms with Crippen LogP contribution in [0.5, 0.6) is 5.75 Å². The molecular formula is C19H13BrF5N3O3. The molecule has 31 heavy (non-hydrogen) atoms. The fourth-order valence-corrected chi connectivity index (χ4v) is 3.16. The number of alkyl halides is 3. The van der Waals surface area contributed by atoms with Gasteiger partial charge in [0.05, 0.1) is 5.69 Å². The molecule has 3 aromatic rings. The van der Waals surface area contributed by atoms with Gasteiger partial charge in [-0.25, -0.2) is 13.8 Å². The summed E-state index contributed by atoms with van der Waals surface area (Å²) in [5.41, 5.74) is 4.62. The van der Waals surface area contributed by atoms with E-state index in [0.717, 1.165) is 24.3 Å². The topological polar surface area (TPSA) is 90.4 Å². The Labute approximate surface area is 180 Å². The fraction of sp³-hybridized carbons (Fsp3) is 0.158. The van der Waals surface area contributed by atoms with Crippen molar-refractivity contribution in [3.63, 3.8) is 0 Å². The van der Waals surface area contributed by atoms with E-state index in [-0.39, 0.29) is 21.9 Å². The molecule has 0 aliphatic heterocycles. The first-order chi connectivity index (χ1) is 14.5. The Kier molecular flexibility index (Phi) is 6.20. The highest BCUT2D eigenvalue weighted by Crippen LogP contribution is 2.34. The summed E-state index contributed by atoms with van der Waals surface area (Å²) >= 11 is 3.18. The number of oxazole rings is 1. The molecule has 1 aromatic heterocycles. The van der Waals surface area contributed by atoms with Crippen LogP contribution in [-0.4, -0.2) is 17.3 Å². The Bertz CT molecular complexity index is 1120. The van der Waals surface area contributed by atoms with Gasteiger partial charge in [-0.05, 0) is 59.3 Å². The predicted octanol–water partition coefficient (Wildman–Crippen LogP) is 5.55. The monoisotopic (exact) mass is 505 g/mol. The molecule has 1 unspecified atom stereocenters. The van der Waals surface area contributed by atoms with Crippen molar-refractivity contribution in [3.8, 4) is 17.0 Å². The first kappa shape index (κ1) is 22.5. The molecule has 0 saturated heterocycles. The second kappa shape index (κ2) is 8.53. The zero-order valence-electron chi connectivity index (χ0n) is 15.6. The van der Waals surface area contributed by atoms with Crippen LogP contribution in [0, 0.1) is 11.6 Å². The van der Waals surface area contributed by atoms with Gasteiger partial charge in [-0.1, -0.05) is 0 Å². The molecule has 12 heteroatoms. The van der Waals surface area contributed by atoms with Gasteiger partial charge in [0.15, 0.2) is 10.5 Å². The average molecular weight is 506 g/mol. The number of nitrogens with two attached hydrogens (primary N) is 1. The predicted molar refractivity (Wildman–Crippen MR) is 103 cm³/mol. The quantitative estimate of drug-likeness (QED) is 0.428. The van der Waals surface area contributed by atoms with E-state index >= 15 is 0 Å². The van der Waals surface area contributed by atoms with E-state index in [1.54, 1.807) is 6.92 Å². The lowest BCUT2D eigenvalue weighted by Gasteiger charge is -2.14. The van der Waals surface area contributed by atoms with E-state index in [4.69, 9.17) is 10.2 Å². The van der Waals surface area contributed by atoms with Crippen molar-refractivity contribution in [1.82, 2.24) is 4.98 Å². The number of ether oxygens (including phenoxy) is 1. The zero-order chi connectivity index (χ0) is 22.9. The zero-order valence-corrected chi connectivity index (χ0v) is 17.1. The van der Waals surface area contributed by atoms with Gasteiger partial charge in [-0.3, -0.25) is 4.79 Å². The highest BCUT2D eigenvalue weighted by atomic mass is 79.9. The number of benzene rings is 2. The summed E-state index contributed by atoms with van der Waals surface area (Å²) in [7, 11) is 0. The second-order valence-electron chi connectivity index (χ2n) is 6.26. The Morgan fingerprint density at radius 1 is 1.19 bits per heavy atom. The van der Waals surface area contributed by atoms with Gasteiger partial charge in [0.1, 0.15) is 28.9 Å². The van der Waals surface area contributed by atoms with E-state index in [2.05, 4.69) is 31.0 Å². The minimum Gasteiger partial charge on any atom is -0.431 e. The number of amides is 1. The summed E-state index contributed by atoms with van der Waals surface area (Å²) in [6.07, 6.45) is -4.81. The minimum atomic E-state index is -4.81. The third-order valence-electron chi connectivity index (χ3n) is 4.04. The number of anilines is 1. The SMILES string of the molecule is CC(Nc1ccc(F)c(C(N)=O)c1F)c1nc(-c2ccc(OC(F)(F)F)cc2)c(Br)o1. The molecule has 6 nitrogen and oxygen atoms in total. The van der Waals surface area contributed by atoms with Crippen LogP contribution in [0.1, 0.15) is 29.2 Å². The number of carbonyl (C=O) groups is 1. The number of nitrogens with one attached hydrogen (secondary N) is 1. The van der Waals surface area contributed by atoms with Crippen LogP contribution >= 0.6 is 15.9 Å². The van der Waals surface area contributed by atoms with Crippen molar-refractivity contribution in [2.24, 2.45) is 5.73 Å². The molecule has 0 spiro atoms. The lowest BCUT2D eigenvalue weighted by Crippen LogP contribution is -2.17. The summed E-state index contributed by atoms with van der Waals surface area (Å²) < 4.78 is 74.4. The molecule has 0 fully saturated rings. The van der Waals surface area contributed by atoms with Gasteiger partial charge in [0, 0.05) is 5.56 Å². The number of halogens is 6. The van der Waals surface area contributed by atoms with Crippen molar-refractivity contribution in [2.75, 3.05) is 5.32 Å². The Hall–Kier alpha value is -3.15. The summed E-state index contributed by atoms with van der Waals surface area (Å²) in [6, 6.07) is 6.17. The van der Waals surface area contributed by atoms with E-state index in [0.29, 0.717) is 5.56 Å². The molecule has 1 amide bonds. The number of aromatic nitrogens is 1. The van der Waals surface area contributed by atoms with Gasteiger partial charge in [-0.2, -0.15) is 0 Å². The smallest absolute Gasteiger partial charge is 0.431 e. The van der Waals surface area contributed by atoms with Crippen LogP contribution < -0.4 is 15.8 Å². The molecule has 1 heterocycles. The van der Waals surface area contributed by atoms with Crippen molar-refractivity contribution >= 4 is 27.5 Å². The maximum atomic E-state index is 14.4. The normalized spacial score (nSPS) is 12.5. The number of carbonyl (C=O) groups excluding carboxylic acids is 1. The molecule has 3 rings (SSSR count). The summed E-state index contributed by atoms with van der Waals surface area (Å²) in [6.45, 7) is 1.56. The number of hydrogen-bond donors (Lipinski definition) is 2. The highest BCUT2D eigenvalue weighted by molar-refractivity contribution is 9.10. The number of hydrogen-bond acceptors (Lipinski definition) is 5. The molecule has 0 radical (unpaired) electrons. The molecule has 0 bridgehead atoms. The molecule has 164 valence electrons. The Morgan fingerprint density at radius 2 is 1.84 bits per heavy atom. The molecule has 1 atom stereocenters. The Morgan fingerprint density at radius 3 is 2.42 bits per heavy atom. The van der Waals surface area contributed by atoms with Crippen LogP contribution in [-0.2, 0) is 0 Å². The third-order valence-corrected chi connectivity index (χ3v) is 4.58. The highest BCUT2D eigenvalue weighted by Gasteiger charge is 2.31. The van der Waals surface area contributed by atoms with Gasteiger partial charge < -0.3 is 20.2 Å². The van der Waals surface area contributed by atoms with Crippen molar-refractivity contribution < 1.29 is 35.9 Å². The lowest BCUT2D eigenvalue weighted by atomic mass is 10.1. The largest absolute Gasteiger partial charge is 0.573 e. The number of nitrogens with zero attached hydrogens (tertiary/aromatic N) is 1. The van der Waals surface area contributed by atoms with E-state index in [1.165, 1.54) is 12.1 Å². The van der Waals surface area contributed by atoms with Gasteiger partial charge in [0.25, 0.3) is 5.91 Å². The minimum absolute atomic E-state index is 0.0850. The van der Waals surface area contributed by atoms with Gasteiger partial charge in [-0.15, -0.1) is 13.2 Å². The molecule has 0 aliphatic carbocycles. The number of rotatable bonds is 6. The second-order valence-corrected chi connectivity index (χ2v) is 6.98. The molecule has 2 aromatic carbocycles. The summed E-state index contributed by atoms with van der Waals surface area (Å²) in [5.74, 6) is -3.83.